The first kappa shape index (κ1) is 15.6. The lowest BCUT2D eigenvalue weighted by Crippen LogP contribution is -2.21. The maximum absolute atomic E-state index is 10.7. The van der Waals surface area contributed by atoms with Crippen LogP contribution in [-0.4, -0.2) is 5.11 Å². The summed E-state index contributed by atoms with van der Waals surface area (Å²) in [5.41, 5.74) is 3.44. The predicted molar refractivity (Wildman–Crippen MR) is 86.0 cm³/mol. The maximum atomic E-state index is 10.7. The predicted octanol–water partition coefficient (Wildman–Crippen LogP) is 5.13. The van der Waals surface area contributed by atoms with E-state index in [4.69, 9.17) is 0 Å². The van der Waals surface area contributed by atoms with Gasteiger partial charge in [0.15, 0.2) is 0 Å². The lowest BCUT2D eigenvalue weighted by Gasteiger charge is -2.26. The fourth-order valence-electron chi connectivity index (χ4n) is 3.29. The van der Waals surface area contributed by atoms with Crippen LogP contribution in [0, 0.1) is 0 Å². The van der Waals surface area contributed by atoms with Gasteiger partial charge in [-0.05, 0) is 55.7 Å². The highest BCUT2D eigenvalue weighted by atomic mass is 16.3. The van der Waals surface area contributed by atoms with E-state index in [0.717, 1.165) is 18.4 Å². The Kier molecular flexibility index (Phi) is 5.65. The Bertz CT molecular complexity index is 420. The fraction of sp³-hybridized carbons (Fsp3) is 0.684. The molecule has 1 N–H and O–H groups in total. The first-order valence-electron chi connectivity index (χ1n) is 8.48. The molecule has 1 atom stereocenters. The Morgan fingerprint density at radius 2 is 1.70 bits per heavy atom. The minimum Gasteiger partial charge on any atom is -0.385 e. The number of hydrogen-bond acceptors (Lipinski definition) is 1. The van der Waals surface area contributed by atoms with Crippen molar-refractivity contribution in [2.24, 2.45) is 0 Å². The van der Waals surface area contributed by atoms with Gasteiger partial charge in [-0.15, -0.1) is 0 Å². The smallest absolute Gasteiger partial charge is 0.0868 e. The van der Waals surface area contributed by atoms with Gasteiger partial charge in [0.2, 0.25) is 0 Å². The average molecular weight is 274 g/mol. The van der Waals surface area contributed by atoms with E-state index < -0.39 is 5.60 Å². The molecule has 0 aromatic heterocycles. The summed E-state index contributed by atoms with van der Waals surface area (Å²) in [6, 6.07) is 6.66. The minimum absolute atomic E-state index is 0.654. The lowest BCUT2D eigenvalue weighted by molar-refractivity contribution is 0.0447. The molecule has 0 heterocycles. The molecule has 0 amide bonds. The standard InChI is InChI=1S/C19H30O/c1-3-4-5-6-9-14-19(2,20)18-13-12-16-10-7-8-11-17(16)15-18/h12-13,15,20H,3-11,14H2,1-2H3. The average Bonchev–Trinajstić information content (AvgIpc) is 2.46. The van der Waals surface area contributed by atoms with Gasteiger partial charge in [0.25, 0.3) is 0 Å². The van der Waals surface area contributed by atoms with E-state index in [-0.39, 0.29) is 0 Å². The molecule has 0 saturated heterocycles. The van der Waals surface area contributed by atoms with Crippen LogP contribution in [0.3, 0.4) is 0 Å². The molecule has 1 aliphatic rings. The Morgan fingerprint density at radius 3 is 2.45 bits per heavy atom. The molecule has 2 rings (SSSR count). The third kappa shape index (κ3) is 4.09. The lowest BCUT2D eigenvalue weighted by atomic mass is 9.84. The molecule has 0 bridgehead atoms. The molecular formula is C19H30O. The summed E-state index contributed by atoms with van der Waals surface area (Å²) in [6.07, 6.45) is 12.2. The van der Waals surface area contributed by atoms with Crippen molar-refractivity contribution < 1.29 is 5.11 Å². The molecule has 1 unspecified atom stereocenters. The molecule has 0 radical (unpaired) electrons. The van der Waals surface area contributed by atoms with Crippen LogP contribution in [0.4, 0.5) is 0 Å². The molecule has 1 aromatic carbocycles. The molecule has 1 nitrogen and oxygen atoms in total. The van der Waals surface area contributed by atoms with Gasteiger partial charge >= 0.3 is 0 Å². The zero-order valence-corrected chi connectivity index (χ0v) is 13.3. The monoisotopic (exact) mass is 274 g/mol. The number of aliphatic hydroxyl groups is 1. The number of benzene rings is 1. The third-order valence-electron chi connectivity index (χ3n) is 4.74. The third-order valence-corrected chi connectivity index (χ3v) is 4.74. The summed E-state index contributed by atoms with van der Waals surface area (Å²) >= 11 is 0. The van der Waals surface area contributed by atoms with Crippen LogP contribution >= 0.6 is 0 Å². The first-order chi connectivity index (χ1) is 9.63. The summed E-state index contributed by atoms with van der Waals surface area (Å²) in [6.45, 7) is 4.22. The maximum Gasteiger partial charge on any atom is 0.0868 e. The van der Waals surface area contributed by atoms with E-state index in [1.807, 2.05) is 6.92 Å². The number of rotatable bonds is 7. The van der Waals surface area contributed by atoms with Crippen LogP contribution in [0.1, 0.15) is 81.9 Å². The molecule has 1 aromatic rings. The van der Waals surface area contributed by atoms with Crippen molar-refractivity contribution in [1.29, 1.82) is 0 Å². The highest BCUT2D eigenvalue weighted by molar-refractivity contribution is 5.36. The van der Waals surface area contributed by atoms with Gasteiger partial charge in [0, 0.05) is 0 Å². The van der Waals surface area contributed by atoms with Gasteiger partial charge in [-0.3, -0.25) is 0 Å². The molecule has 0 saturated carbocycles. The van der Waals surface area contributed by atoms with E-state index in [1.54, 1.807) is 0 Å². The van der Waals surface area contributed by atoms with Crippen molar-refractivity contribution in [3.63, 3.8) is 0 Å². The Balaban J connectivity index is 1.94. The van der Waals surface area contributed by atoms with E-state index in [2.05, 4.69) is 25.1 Å². The molecule has 1 aliphatic carbocycles. The number of aryl methyl sites for hydroxylation is 2. The van der Waals surface area contributed by atoms with Crippen LogP contribution in [0.2, 0.25) is 0 Å². The van der Waals surface area contributed by atoms with Gasteiger partial charge in [-0.2, -0.15) is 0 Å². The normalized spacial score (nSPS) is 17.6. The molecule has 0 aliphatic heterocycles. The van der Waals surface area contributed by atoms with E-state index in [1.165, 1.54) is 62.5 Å². The summed E-state index contributed by atoms with van der Waals surface area (Å²) in [5, 5.41) is 10.7. The first-order valence-corrected chi connectivity index (χ1v) is 8.48. The van der Waals surface area contributed by atoms with E-state index >= 15 is 0 Å². The number of hydrogen-bond donors (Lipinski definition) is 1. The SMILES string of the molecule is CCCCCCCC(C)(O)c1ccc2c(c1)CCCC2. The minimum atomic E-state index is -0.654. The number of unbranched alkanes of at least 4 members (excludes halogenated alkanes) is 4. The van der Waals surface area contributed by atoms with Crippen molar-refractivity contribution >= 4 is 0 Å². The van der Waals surface area contributed by atoms with Crippen LogP contribution in [0.15, 0.2) is 18.2 Å². The second-order valence-electron chi connectivity index (χ2n) is 6.63. The van der Waals surface area contributed by atoms with Crippen molar-refractivity contribution in [2.75, 3.05) is 0 Å². The van der Waals surface area contributed by atoms with E-state index in [0.29, 0.717) is 0 Å². The summed E-state index contributed by atoms with van der Waals surface area (Å²) < 4.78 is 0. The van der Waals surface area contributed by atoms with Gasteiger partial charge in [0.1, 0.15) is 0 Å². The highest BCUT2D eigenvalue weighted by Crippen LogP contribution is 2.31. The van der Waals surface area contributed by atoms with Crippen LogP contribution < -0.4 is 0 Å². The number of fused-ring (bicyclic) bond motifs is 1. The van der Waals surface area contributed by atoms with Gasteiger partial charge in [0.05, 0.1) is 5.60 Å². The molecule has 112 valence electrons. The Hall–Kier alpha value is -0.820. The van der Waals surface area contributed by atoms with Gasteiger partial charge < -0.3 is 5.11 Å². The molecule has 0 spiro atoms. The zero-order valence-electron chi connectivity index (χ0n) is 13.3. The van der Waals surface area contributed by atoms with Crippen LogP contribution in [0.25, 0.3) is 0 Å². The van der Waals surface area contributed by atoms with Crippen LogP contribution in [-0.2, 0) is 18.4 Å². The Morgan fingerprint density at radius 1 is 1.00 bits per heavy atom. The Labute approximate surface area is 124 Å². The van der Waals surface area contributed by atoms with Gasteiger partial charge in [-0.25, -0.2) is 0 Å². The second kappa shape index (κ2) is 7.26. The summed E-state index contributed by atoms with van der Waals surface area (Å²) in [7, 11) is 0. The van der Waals surface area contributed by atoms with Crippen molar-refractivity contribution in [3.8, 4) is 0 Å². The van der Waals surface area contributed by atoms with E-state index in [9.17, 15) is 5.11 Å². The van der Waals surface area contributed by atoms with Crippen molar-refractivity contribution in [2.45, 2.75) is 83.7 Å². The zero-order chi connectivity index (χ0) is 14.4. The van der Waals surface area contributed by atoms with Crippen LogP contribution in [0.5, 0.6) is 0 Å². The van der Waals surface area contributed by atoms with Gasteiger partial charge in [-0.1, -0.05) is 57.2 Å². The summed E-state index contributed by atoms with van der Waals surface area (Å²) in [5.74, 6) is 0. The van der Waals surface area contributed by atoms with Crippen molar-refractivity contribution in [3.05, 3.63) is 34.9 Å². The summed E-state index contributed by atoms with van der Waals surface area (Å²) in [4.78, 5) is 0. The molecule has 0 fully saturated rings. The topological polar surface area (TPSA) is 20.2 Å². The highest BCUT2D eigenvalue weighted by Gasteiger charge is 2.23. The second-order valence-corrected chi connectivity index (χ2v) is 6.63. The fourth-order valence-corrected chi connectivity index (χ4v) is 3.29. The molecule has 20 heavy (non-hydrogen) atoms. The molecule has 1 heteroatoms. The quantitative estimate of drug-likeness (QED) is 0.683. The van der Waals surface area contributed by atoms with Crippen molar-refractivity contribution in [1.82, 2.24) is 0 Å². The molecular weight excluding hydrogens is 244 g/mol. The largest absolute Gasteiger partial charge is 0.385 e.